The van der Waals surface area contributed by atoms with Gasteiger partial charge in [0, 0.05) is 25.6 Å². The Bertz CT molecular complexity index is 241. The maximum absolute atomic E-state index is 12.1. The number of hydrogen-bond donors (Lipinski definition) is 1. The summed E-state index contributed by atoms with van der Waals surface area (Å²) in [6.07, 6.45) is 8.29. The van der Waals surface area contributed by atoms with E-state index < -0.39 is 0 Å². The van der Waals surface area contributed by atoms with Gasteiger partial charge in [-0.15, -0.1) is 0 Å². The van der Waals surface area contributed by atoms with Crippen molar-refractivity contribution in [3.05, 3.63) is 0 Å². The predicted molar refractivity (Wildman–Crippen MR) is 69.9 cm³/mol. The first kappa shape index (κ1) is 12.9. The van der Waals surface area contributed by atoms with Crippen LogP contribution in [-0.2, 0) is 4.79 Å². The van der Waals surface area contributed by atoms with Gasteiger partial charge in [-0.25, -0.2) is 0 Å². The molecule has 1 heterocycles. The molecule has 3 nitrogen and oxygen atoms in total. The van der Waals surface area contributed by atoms with Crippen LogP contribution in [0.5, 0.6) is 0 Å². The third-order valence-electron chi connectivity index (χ3n) is 4.28. The summed E-state index contributed by atoms with van der Waals surface area (Å²) in [5.41, 5.74) is 0. The summed E-state index contributed by atoms with van der Waals surface area (Å²) in [4.78, 5) is 14.2. The Morgan fingerprint density at radius 3 is 2.41 bits per heavy atom. The summed E-state index contributed by atoms with van der Waals surface area (Å²) in [7, 11) is 0. The van der Waals surface area contributed by atoms with Gasteiger partial charge in [0.2, 0.25) is 5.91 Å². The molecule has 1 aliphatic carbocycles. The summed E-state index contributed by atoms with van der Waals surface area (Å²) in [5, 5.41) is 3.48. The van der Waals surface area contributed by atoms with Crippen molar-refractivity contribution in [2.45, 2.75) is 57.9 Å². The average Bonchev–Trinajstić information content (AvgIpc) is 2.83. The number of hydrogen-bond acceptors (Lipinski definition) is 2. The molecule has 2 rings (SSSR count). The van der Waals surface area contributed by atoms with E-state index in [1.165, 1.54) is 25.7 Å². The lowest BCUT2D eigenvalue weighted by Crippen LogP contribution is -2.45. The minimum Gasteiger partial charge on any atom is -0.343 e. The molecule has 0 aromatic carbocycles. The molecule has 0 spiro atoms. The van der Waals surface area contributed by atoms with Crippen LogP contribution in [0, 0.1) is 5.92 Å². The summed E-state index contributed by atoms with van der Waals surface area (Å²) >= 11 is 0. The predicted octanol–water partition coefficient (Wildman–Crippen LogP) is 2.17. The summed E-state index contributed by atoms with van der Waals surface area (Å²) in [5.74, 6) is 1.10. The Labute approximate surface area is 105 Å². The second-order valence-electron chi connectivity index (χ2n) is 5.57. The topological polar surface area (TPSA) is 32.3 Å². The zero-order valence-corrected chi connectivity index (χ0v) is 11.1. The Hall–Kier alpha value is -0.570. The van der Waals surface area contributed by atoms with E-state index in [0.29, 0.717) is 17.9 Å². The van der Waals surface area contributed by atoms with Crippen molar-refractivity contribution in [3.63, 3.8) is 0 Å². The number of nitrogens with one attached hydrogen (secondary N) is 1. The van der Waals surface area contributed by atoms with Gasteiger partial charge in [0.25, 0.3) is 0 Å². The summed E-state index contributed by atoms with van der Waals surface area (Å²) < 4.78 is 0. The first-order valence-electron chi connectivity index (χ1n) is 7.30. The number of carbonyl (C=O) groups excluding carboxylic acids is 1. The van der Waals surface area contributed by atoms with Crippen LogP contribution in [0.15, 0.2) is 0 Å². The monoisotopic (exact) mass is 238 g/mol. The van der Waals surface area contributed by atoms with Gasteiger partial charge in [-0.05, 0) is 38.1 Å². The van der Waals surface area contributed by atoms with Crippen molar-refractivity contribution >= 4 is 5.91 Å². The number of rotatable bonds is 4. The van der Waals surface area contributed by atoms with Gasteiger partial charge in [-0.3, -0.25) is 4.79 Å². The van der Waals surface area contributed by atoms with E-state index in [-0.39, 0.29) is 0 Å². The lowest BCUT2D eigenvalue weighted by atomic mass is 10.0. The Morgan fingerprint density at radius 2 is 1.82 bits per heavy atom. The van der Waals surface area contributed by atoms with Crippen LogP contribution in [0.2, 0.25) is 0 Å². The lowest BCUT2D eigenvalue weighted by Gasteiger charge is -2.33. The van der Waals surface area contributed by atoms with Crippen molar-refractivity contribution in [1.82, 2.24) is 10.2 Å². The van der Waals surface area contributed by atoms with E-state index in [4.69, 9.17) is 0 Å². The molecule has 0 radical (unpaired) electrons. The van der Waals surface area contributed by atoms with Crippen molar-refractivity contribution in [2.75, 3.05) is 19.6 Å². The largest absolute Gasteiger partial charge is 0.343 e. The van der Waals surface area contributed by atoms with Crippen LogP contribution < -0.4 is 5.32 Å². The molecule has 98 valence electrons. The Morgan fingerprint density at radius 1 is 1.18 bits per heavy atom. The number of amides is 1. The number of nitrogens with zero attached hydrogens (tertiary/aromatic N) is 1. The lowest BCUT2D eigenvalue weighted by molar-refractivity contribution is -0.133. The molecule has 1 saturated heterocycles. The van der Waals surface area contributed by atoms with E-state index in [1.54, 1.807) is 0 Å². The van der Waals surface area contributed by atoms with Gasteiger partial charge in [-0.1, -0.05) is 19.8 Å². The van der Waals surface area contributed by atoms with E-state index in [9.17, 15) is 4.79 Å². The quantitative estimate of drug-likeness (QED) is 0.814. The minimum absolute atomic E-state index is 0.409. The SMILES string of the molecule is CCNC1CCN(C(=O)CC2CCCC2)CC1. The van der Waals surface area contributed by atoms with E-state index in [1.807, 2.05) is 0 Å². The average molecular weight is 238 g/mol. The fraction of sp³-hybridized carbons (Fsp3) is 0.929. The molecule has 1 N–H and O–H groups in total. The van der Waals surface area contributed by atoms with Crippen molar-refractivity contribution in [1.29, 1.82) is 0 Å². The number of likely N-dealkylation sites (tertiary alicyclic amines) is 1. The third kappa shape index (κ3) is 3.70. The van der Waals surface area contributed by atoms with Crippen LogP contribution in [0.1, 0.15) is 51.9 Å². The van der Waals surface area contributed by atoms with E-state index in [0.717, 1.165) is 38.9 Å². The molecule has 17 heavy (non-hydrogen) atoms. The molecule has 3 heteroatoms. The van der Waals surface area contributed by atoms with Crippen LogP contribution >= 0.6 is 0 Å². The molecule has 0 unspecified atom stereocenters. The summed E-state index contributed by atoms with van der Waals surface area (Å²) in [6.45, 7) is 5.12. The van der Waals surface area contributed by atoms with Gasteiger partial charge >= 0.3 is 0 Å². The Kier molecular flexibility index (Phi) is 4.84. The maximum Gasteiger partial charge on any atom is 0.222 e. The molecular formula is C14H26N2O. The molecule has 0 aromatic rings. The summed E-state index contributed by atoms with van der Waals surface area (Å²) in [6, 6.07) is 0.635. The van der Waals surface area contributed by atoms with Gasteiger partial charge in [0.05, 0.1) is 0 Å². The van der Waals surface area contributed by atoms with E-state index in [2.05, 4.69) is 17.1 Å². The van der Waals surface area contributed by atoms with E-state index >= 15 is 0 Å². The third-order valence-corrected chi connectivity index (χ3v) is 4.28. The first-order chi connectivity index (χ1) is 8.29. The van der Waals surface area contributed by atoms with Gasteiger partial charge in [0.15, 0.2) is 0 Å². The van der Waals surface area contributed by atoms with Gasteiger partial charge in [0.1, 0.15) is 0 Å². The molecule has 1 aliphatic heterocycles. The molecule has 0 atom stereocenters. The molecular weight excluding hydrogens is 212 g/mol. The zero-order valence-electron chi connectivity index (χ0n) is 11.1. The maximum atomic E-state index is 12.1. The van der Waals surface area contributed by atoms with Gasteiger partial charge in [-0.2, -0.15) is 0 Å². The highest BCUT2D eigenvalue weighted by Crippen LogP contribution is 2.28. The molecule has 0 aromatic heterocycles. The molecule has 1 amide bonds. The second-order valence-corrected chi connectivity index (χ2v) is 5.57. The van der Waals surface area contributed by atoms with Gasteiger partial charge < -0.3 is 10.2 Å². The van der Waals surface area contributed by atoms with Crippen LogP contribution in [0.3, 0.4) is 0 Å². The normalized spacial score (nSPS) is 23.2. The fourth-order valence-corrected chi connectivity index (χ4v) is 3.21. The van der Waals surface area contributed by atoms with Crippen LogP contribution in [-0.4, -0.2) is 36.5 Å². The second kappa shape index (κ2) is 6.39. The highest BCUT2D eigenvalue weighted by Gasteiger charge is 2.25. The molecule has 1 saturated carbocycles. The minimum atomic E-state index is 0.409. The first-order valence-corrected chi connectivity index (χ1v) is 7.30. The zero-order chi connectivity index (χ0) is 12.1. The molecule has 2 fully saturated rings. The molecule has 2 aliphatic rings. The van der Waals surface area contributed by atoms with Crippen molar-refractivity contribution in [2.24, 2.45) is 5.92 Å². The molecule has 0 bridgehead atoms. The highest BCUT2D eigenvalue weighted by molar-refractivity contribution is 5.76. The smallest absolute Gasteiger partial charge is 0.222 e. The highest BCUT2D eigenvalue weighted by atomic mass is 16.2. The van der Waals surface area contributed by atoms with Crippen LogP contribution in [0.4, 0.5) is 0 Å². The fourth-order valence-electron chi connectivity index (χ4n) is 3.21. The standard InChI is InChI=1S/C14H26N2O/c1-2-15-13-7-9-16(10-8-13)14(17)11-12-5-3-4-6-12/h12-13,15H,2-11H2,1H3. The van der Waals surface area contributed by atoms with Crippen molar-refractivity contribution in [3.8, 4) is 0 Å². The number of carbonyl (C=O) groups is 1. The Balaban J connectivity index is 1.70. The van der Waals surface area contributed by atoms with Crippen molar-refractivity contribution < 1.29 is 4.79 Å². The van der Waals surface area contributed by atoms with Crippen LogP contribution in [0.25, 0.3) is 0 Å². The number of piperidine rings is 1.